The normalized spacial score (nSPS) is 13.4. The Balaban J connectivity index is 1.21. The molecule has 2 heterocycles. The van der Waals surface area contributed by atoms with Crippen molar-refractivity contribution in [3.8, 4) is 54.5 Å². The second-order valence-corrected chi connectivity index (χ2v) is 16.2. The number of hydrogen-bond acceptors (Lipinski definition) is 3. The number of nitrogens with zero attached hydrogens (tertiary/aromatic N) is 1. The lowest BCUT2D eigenvalue weighted by molar-refractivity contribution is 0.775. The van der Waals surface area contributed by atoms with Crippen LogP contribution >= 0.6 is 22.7 Å². The molecule has 12 rings (SSSR count). The monoisotopic (exact) mass is 707 g/mol. The average Bonchev–Trinajstić information content (AvgIpc) is 3.91. The molecule has 3 heteroatoms. The lowest BCUT2D eigenvalue weighted by atomic mass is 9.61. The fraction of sp³-hybridized carbons (Fsp3) is 0.0200. The number of thiophene rings is 1. The van der Waals surface area contributed by atoms with Gasteiger partial charge in [-0.1, -0.05) is 158 Å². The van der Waals surface area contributed by atoms with E-state index in [0.717, 1.165) is 16.3 Å². The Morgan fingerprint density at radius 3 is 1.77 bits per heavy atom. The largest absolute Gasteiger partial charge is 0.235 e. The molecule has 1 nitrogen and oxygen atoms in total. The topological polar surface area (TPSA) is 12.9 Å². The maximum atomic E-state index is 5.47. The molecule has 53 heavy (non-hydrogen) atoms. The van der Waals surface area contributed by atoms with Crippen LogP contribution < -0.4 is 0 Å². The summed E-state index contributed by atoms with van der Waals surface area (Å²) in [5.74, 6) is 0. The maximum absolute atomic E-state index is 5.47. The van der Waals surface area contributed by atoms with Crippen LogP contribution in [-0.2, 0) is 5.41 Å². The molecule has 0 atom stereocenters. The van der Waals surface area contributed by atoms with E-state index in [9.17, 15) is 0 Å². The van der Waals surface area contributed by atoms with Gasteiger partial charge in [0.05, 0.1) is 16.0 Å². The smallest absolute Gasteiger partial charge is 0.125 e. The molecule has 0 saturated heterocycles. The number of rotatable bonds is 3. The minimum Gasteiger partial charge on any atom is -0.235 e. The lowest BCUT2D eigenvalue weighted by Gasteiger charge is -2.40. The third-order valence-electron chi connectivity index (χ3n) is 11.5. The molecular formula is C50H29NS2. The number of hydrogen-bond donors (Lipinski definition) is 0. The highest BCUT2D eigenvalue weighted by molar-refractivity contribution is 7.25. The van der Waals surface area contributed by atoms with Gasteiger partial charge in [-0.15, -0.1) is 22.7 Å². The fourth-order valence-electron chi connectivity index (χ4n) is 9.41. The van der Waals surface area contributed by atoms with Crippen LogP contribution in [-0.4, -0.2) is 4.98 Å². The molecule has 2 aromatic heterocycles. The van der Waals surface area contributed by atoms with E-state index in [0.29, 0.717) is 0 Å². The minimum atomic E-state index is -0.474. The van der Waals surface area contributed by atoms with Crippen molar-refractivity contribution in [1.82, 2.24) is 4.98 Å². The average molecular weight is 708 g/mol. The van der Waals surface area contributed by atoms with E-state index >= 15 is 0 Å². The predicted octanol–water partition coefficient (Wildman–Crippen LogP) is 14.0. The highest BCUT2D eigenvalue weighted by Gasteiger charge is 2.50. The third-order valence-corrected chi connectivity index (χ3v) is 13.8. The molecule has 0 radical (unpaired) electrons. The second kappa shape index (κ2) is 10.9. The highest BCUT2D eigenvalue weighted by Crippen LogP contribution is 2.63. The summed E-state index contributed by atoms with van der Waals surface area (Å²) in [6, 6.07) is 65.2. The zero-order chi connectivity index (χ0) is 34.7. The van der Waals surface area contributed by atoms with Crippen LogP contribution in [0.1, 0.15) is 22.3 Å². The van der Waals surface area contributed by atoms with Crippen molar-refractivity contribution in [1.29, 1.82) is 0 Å². The van der Waals surface area contributed by atoms with Crippen LogP contribution in [0.25, 0.3) is 85.5 Å². The lowest BCUT2D eigenvalue weighted by Crippen LogP contribution is -2.31. The van der Waals surface area contributed by atoms with Gasteiger partial charge in [-0.3, -0.25) is 0 Å². The second-order valence-electron chi connectivity index (χ2n) is 14.2. The molecule has 2 aliphatic carbocycles. The quantitative estimate of drug-likeness (QED) is 0.178. The van der Waals surface area contributed by atoms with E-state index in [-0.39, 0.29) is 0 Å². The van der Waals surface area contributed by atoms with Crippen molar-refractivity contribution in [3.63, 3.8) is 0 Å². The molecule has 0 bridgehead atoms. The molecule has 0 saturated carbocycles. The molecule has 246 valence electrons. The van der Waals surface area contributed by atoms with Crippen molar-refractivity contribution in [2.45, 2.75) is 5.41 Å². The summed E-state index contributed by atoms with van der Waals surface area (Å²) in [5.41, 5.74) is 14.7. The summed E-state index contributed by atoms with van der Waals surface area (Å²) >= 11 is 3.69. The molecule has 8 aromatic carbocycles. The van der Waals surface area contributed by atoms with Gasteiger partial charge < -0.3 is 0 Å². The van der Waals surface area contributed by atoms with Crippen molar-refractivity contribution in [2.24, 2.45) is 0 Å². The van der Waals surface area contributed by atoms with Gasteiger partial charge in [0, 0.05) is 31.3 Å². The fourth-order valence-corrected chi connectivity index (χ4v) is 11.7. The van der Waals surface area contributed by atoms with Crippen LogP contribution in [0.2, 0.25) is 0 Å². The first-order chi connectivity index (χ1) is 26.3. The van der Waals surface area contributed by atoms with Crippen LogP contribution in [0, 0.1) is 0 Å². The zero-order valence-electron chi connectivity index (χ0n) is 28.5. The van der Waals surface area contributed by atoms with E-state index in [4.69, 9.17) is 4.98 Å². The SMILES string of the molecule is c1ccc(-c2nc(-c3ccc4c5c(cccc35)C3(c5ccccc5-c5ccccc53)c3cc5c(cc3-4)sc3ccccc35)sc2-c2ccccc2)cc1. The van der Waals surface area contributed by atoms with Crippen molar-refractivity contribution < 1.29 is 0 Å². The van der Waals surface area contributed by atoms with Crippen LogP contribution in [0.5, 0.6) is 0 Å². The van der Waals surface area contributed by atoms with Gasteiger partial charge in [0.1, 0.15) is 5.01 Å². The summed E-state index contributed by atoms with van der Waals surface area (Å²) in [4.78, 5) is 6.67. The van der Waals surface area contributed by atoms with Crippen LogP contribution in [0.3, 0.4) is 0 Å². The number of benzene rings is 8. The van der Waals surface area contributed by atoms with E-state index in [1.807, 2.05) is 11.3 Å². The third kappa shape index (κ3) is 3.93. The molecule has 2 aliphatic rings. The minimum absolute atomic E-state index is 0.474. The van der Waals surface area contributed by atoms with Gasteiger partial charge in [0.25, 0.3) is 0 Å². The first-order valence-corrected chi connectivity index (χ1v) is 19.8. The van der Waals surface area contributed by atoms with Crippen molar-refractivity contribution in [2.75, 3.05) is 0 Å². The Labute approximate surface area is 315 Å². The number of fused-ring (bicyclic) bond motifs is 12. The first-order valence-electron chi connectivity index (χ1n) is 18.1. The predicted molar refractivity (Wildman–Crippen MR) is 225 cm³/mol. The molecular weight excluding hydrogens is 679 g/mol. The molecule has 0 amide bonds. The van der Waals surface area contributed by atoms with E-state index < -0.39 is 5.41 Å². The summed E-state index contributed by atoms with van der Waals surface area (Å²) in [6.45, 7) is 0. The molecule has 10 aromatic rings. The number of aromatic nitrogens is 1. The molecule has 0 fully saturated rings. The molecule has 1 spiro atoms. The Kier molecular flexibility index (Phi) is 6.08. The number of thiazole rings is 1. The Hall–Kier alpha value is -6.13. The summed E-state index contributed by atoms with van der Waals surface area (Å²) in [5, 5.41) is 6.27. The van der Waals surface area contributed by atoms with Gasteiger partial charge in [0.15, 0.2) is 0 Å². The molecule has 0 N–H and O–H groups in total. The van der Waals surface area contributed by atoms with Crippen LogP contribution in [0.15, 0.2) is 176 Å². The standard InChI is InChI=1S/C50H29NS2/c1-3-14-30(15-4-1)47-48(31-16-5-2-6-17-31)53-49(51-47)37-27-26-36-38-29-45-39(34-20-9-12-25-44(34)52-45)28-43(38)50(42-24-13-21-35(37)46(36)42)40-22-10-7-18-32(40)33-19-8-11-23-41(33)50/h1-29H. The van der Waals surface area contributed by atoms with Crippen molar-refractivity contribution >= 4 is 53.6 Å². The Morgan fingerprint density at radius 2 is 1.00 bits per heavy atom. The molecule has 0 aliphatic heterocycles. The summed E-state index contributed by atoms with van der Waals surface area (Å²) < 4.78 is 2.66. The summed E-state index contributed by atoms with van der Waals surface area (Å²) in [7, 11) is 0. The van der Waals surface area contributed by atoms with Gasteiger partial charge in [0.2, 0.25) is 0 Å². The van der Waals surface area contributed by atoms with Crippen LogP contribution in [0.4, 0.5) is 0 Å². The van der Waals surface area contributed by atoms with E-state index in [2.05, 4.69) is 176 Å². The zero-order valence-corrected chi connectivity index (χ0v) is 30.1. The van der Waals surface area contributed by atoms with Gasteiger partial charge >= 0.3 is 0 Å². The summed E-state index contributed by atoms with van der Waals surface area (Å²) in [6.07, 6.45) is 0. The maximum Gasteiger partial charge on any atom is 0.125 e. The Bertz CT molecular complexity index is 3010. The van der Waals surface area contributed by atoms with Crippen molar-refractivity contribution in [3.05, 3.63) is 198 Å². The van der Waals surface area contributed by atoms with E-state index in [1.54, 1.807) is 11.3 Å². The van der Waals surface area contributed by atoms with E-state index in [1.165, 1.54) is 91.5 Å². The first kappa shape index (κ1) is 29.4. The molecule has 0 unspecified atom stereocenters. The Morgan fingerprint density at radius 1 is 0.377 bits per heavy atom. The highest BCUT2D eigenvalue weighted by atomic mass is 32.1. The van der Waals surface area contributed by atoms with Gasteiger partial charge in [-0.05, 0) is 79.0 Å². The van der Waals surface area contributed by atoms with Gasteiger partial charge in [-0.25, -0.2) is 4.98 Å². The van der Waals surface area contributed by atoms with Gasteiger partial charge in [-0.2, -0.15) is 0 Å².